The number of hydrogen-bond donors (Lipinski definition) is 0. The molecule has 0 radical (unpaired) electrons. The Kier molecular flexibility index (Phi) is 11.7. The second kappa shape index (κ2) is 13.1. The minimum atomic E-state index is -2.54. The van der Waals surface area contributed by atoms with Gasteiger partial charge in [0, 0.05) is 0 Å². The first kappa shape index (κ1) is 31.1. The van der Waals surface area contributed by atoms with Gasteiger partial charge in [0.05, 0.1) is 0 Å². The van der Waals surface area contributed by atoms with Crippen molar-refractivity contribution in [3.63, 3.8) is 0 Å². The Bertz CT molecular complexity index is 666. The summed E-state index contributed by atoms with van der Waals surface area (Å²) in [6, 6.07) is 0. The van der Waals surface area contributed by atoms with Gasteiger partial charge in [0.1, 0.15) is 0 Å². The van der Waals surface area contributed by atoms with Crippen LogP contribution in [0.15, 0.2) is 0 Å². The van der Waals surface area contributed by atoms with Crippen molar-refractivity contribution in [2.75, 3.05) is 13.2 Å². The molecule has 0 bridgehead atoms. The molecule has 0 aromatic heterocycles. The molecule has 0 amide bonds. The van der Waals surface area contributed by atoms with Crippen molar-refractivity contribution in [3.8, 4) is 0 Å². The monoisotopic (exact) mass is 618 g/mol. The van der Waals surface area contributed by atoms with E-state index in [9.17, 15) is 9.59 Å². The summed E-state index contributed by atoms with van der Waals surface area (Å²) in [7, 11) is -1.63. The molecule has 5 nitrogen and oxygen atoms in total. The van der Waals surface area contributed by atoms with E-state index in [0.29, 0.717) is 12.8 Å². The second-order valence-electron chi connectivity index (χ2n) is 12.4. The van der Waals surface area contributed by atoms with Gasteiger partial charge < -0.3 is 0 Å². The molecule has 2 fully saturated rings. The van der Waals surface area contributed by atoms with Crippen molar-refractivity contribution >= 4 is 38.4 Å². The molecule has 1 heterocycles. The molecule has 1 saturated carbocycles. The van der Waals surface area contributed by atoms with E-state index in [0.717, 1.165) is 0 Å². The predicted octanol–water partition coefficient (Wildman–Crippen LogP) is 7.37. The summed E-state index contributed by atoms with van der Waals surface area (Å²) in [6.45, 7) is 18.2. The van der Waals surface area contributed by atoms with Gasteiger partial charge in [-0.15, -0.1) is 0 Å². The molecule has 1 spiro atoms. The Labute approximate surface area is 220 Å². The summed E-state index contributed by atoms with van der Waals surface area (Å²) in [5, 5.41) is 0. The number of esters is 2. The Morgan fingerprint density at radius 1 is 0.857 bits per heavy atom. The number of carbonyl (C=O) groups is 2. The first-order valence-electron chi connectivity index (χ1n) is 14.5. The number of hydrogen-bond acceptors (Lipinski definition) is 5. The van der Waals surface area contributed by atoms with Gasteiger partial charge in [0.2, 0.25) is 0 Å². The summed E-state index contributed by atoms with van der Waals surface area (Å²) < 4.78 is 23.3. The number of rotatable bonds is 16. The third-order valence-corrected chi connectivity index (χ3v) is 26.7. The van der Waals surface area contributed by atoms with Gasteiger partial charge in [-0.2, -0.15) is 0 Å². The van der Waals surface area contributed by atoms with Crippen LogP contribution in [-0.4, -0.2) is 62.9 Å². The van der Waals surface area contributed by atoms with E-state index in [1.54, 1.807) is 0 Å². The summed E-state index contributed by atoms with van der Waals surface area (Å²) in [5.74, 6) is -0.502. The van der Waals surface area contributed by atoms with Gasteiger partial charge >= 0.3 is 221 Å². The molecule has 1 aliphatic heterocycles. The van der Waals surface area contributed by atoms with E-state index in [1.807, 2.05) is 13.8 Å². The third kappa shape index (κ3) is 7.07. The molecule has 3 atom stereocenters. The van der Waals surface area contributed by atoms with Gasteiger partial charge in [0.25, 0.3) is 0 Å². The number of epoxide rings is 1. The van der Waals surface area contributed by atoms with E-state index in [1.165, 1.54) is 56.3 Å². The van der Waals surface area contributed by atoms with Crippen molar-refractivity contribution in [2.45, 2.75) is 135 Å². The molecule has 0 N–H and O–H groups in total. The van der Waals surface area contributed by atoms with Crippen molar-refractivity contribution < 1.29 is 23.8 Å². The van der Waals surface area contributed by atoms with E-state index in [2.05, 4.69) is 40.4 Å². The van der Waals surface area contributed by atoms with Crippen LogP contribution in [0, 0.1) is 11.3 Å². The molecule has 204 valence electrons. The molecular formula is C28H54O5SiSn. The second-order valence-corrected chi connectivity index (χ2v) is 31.7. The molecule has 0 aromatic carbocycles. The molecule has 1 aliphatic carbocycles. The average molecular weight is 618 g/mol. The summed E-state index contributed by atoms with van der Waals surface area (Å²) in [6.07, 6.45) is 8.71. The quantitative estimate of drug-likeness (QED) is 0.0784. The van der Waals surface area contributed by atoms with Crippen LogP contribution in [0.1, 0.15) is 86.0 Å². The molecule has 1 saturated heterocycles. The summed E-state index contributed by atoms with van der Waals surface area (Å²) in [4.78, 5) is 26.9. The van der Waals surface area contributed by atoms with Crippen LogP contribution in [0.25, 0.3) is 0 Å². The van der Waals surface area contributed by atoms with Gasteiger partial charge in [0.15, 0.2) is 0 Å². The van der Waals surface area contributed by atoms with Crippen LogP contribution < -0.4 is 0 Å². The first-order chi connectivity index (χ1) is 16.5. The zero-order chi connectivity index (χ0) is 26.3. The predicted molar refractivity (Wildman–Crippen MR) is 149 cm³/mol. The normalized spacial score (nSPS) is 25.6. The third-order valence-electron chi connectivity index (χ3n) is 8.57. The van der Waals surface area contributed by atoms with Gasteiger partial charge in [-0.25, -0.2) is 0 Å². The zero-order valence-electron chi connectivity index (χ0n) is 24.1. The van der Waals surface area contributed by atoms with E-state index >= 15 is 0 Å². The maximum absolute atomic E-state index is 13.4. The van der Waals surface area contributed by atoms with Crippen LogP contribution in [0.5, 0.6) is 0 Å². The molecule has 2 rings (SSSR count). The minimum absolute atomic E-state index is 0.207. The Morgan fingerprint density at radius 2 is 1.31 bits per heavy atom. The number of ether oxygens (including phenoxy) is 3. The molecular weight excluding hydrogens is 563 g/mol. The number of unbranched alkanes of at least 4 members (excludes halogenated alkanes) is 3. The van der Waals surface area contributed by atoms with Crippen LogP contribution in [0.4, 0.5) is 0 Å². The molecule has 0 aromatic rings. The fraction of sp³-hybridized carbons (Fsp3) is 0.929. The zero-order valence-corrected chi connectivity index (χ0v) is 27.9. The van der Waals surface area contributed by atoms with Crippen molar-refractivity contribution in [1.29, 1.82) is 0 Å². The van der Waals surface area contributed by atoms with Crippen LogP contribution in [-0.2, 0) is 23.8 Å². The van der Waals surface area contributed by atoms with Crippen LogP contribution in [0.2, 0.25) is 37.4 Å². The fourth-order valence-electron chi connectivity index (χ4n) is 6.86. The van der Waals surface area contributed by atoms with Gasteiger partial charge in [-0.3, -0.25) is 0 Å². The van der Waals surface area contributed by atoms with Crippen LogP contribution >= 0.6 is 0 Å². The number of carbonyl (C=O) groups excluding carboxylic acids is 2. The van der Waals surface area contributed by atoms with Crippen molar-refractivity contribution in [1.82, 2.24) is 0 Å². The fourth-order valence-corrected chi connectivity index (χ4v) is 27.0. The van der Waals surface area contributed by atoms with E-state index < -0.39 is 31.9 Å². The van der Waals surface area contributed by atoms with E-state index in [-0.39, 0.29) is 42.4 Å². The topological polar surface area (TPSA) is 65.1 Å². The SMILES string of the molecule is CCC[CH2][Sn]([CH2]CCC)([CH2]CCC)[CH2][C@@H]1CC(C(=O)OCC)(C(=O)OCC)C[C@@]12O[C@H]2[Si](C)(C)C. The van der Waals surface area contributed by atoms with Crippen molar-refractivity contribution in [3.05, 3.63) is 0 Å². The summed E-state index contributed by atoms with van der Waals surface area (Å²) >= 11 is -2.54. The maximum atomic E-state index is 13.4. The Balaban J connectivity index is 2.52. The first-order valence-corrected chi connectivity index (χ1v) is 26.2. The molecule has 0 unspecified atom stereocenters. The Morgan fingerprint density at radius 3 is 1.66 bits per heavy atom. The average Bonchev–Trinajstić information content (AvgIpc) is 3.45. The standard InChI is InChI=1S/C16H27O5Si.3C4H9.Sn/c1-7-19-12(17)15(13(18)20-8-2)9-11(3)16(10-15)14(21-16)22(4,5)6;3*1-3-4-2;/h11,14H,3,7-10H2,1-2,4-6H3;3*1,3-4H2,2H3;/t11-,14+,16-;;;;/m1..../s1. The van der Waals surface area contributed by atoms with Gasteiger partial charge in [-0.1, -0.05) is 0 Å². The van der Waals surface area contributed by atoms with Gasteiger partial charge in [-0.05, 0) is 0 Å². The van der Waals surface area contributed by atoms with Crippen LogP contribution in [0.3, 0.4) is 0 Å². The molecule has 35 heavy (non-hydrogen) atoms. The Hall–Kier alpha value is -0.0844. The van der Waals surface area contributed by atoms with E-state index in [4.69, 9.17) is 14.2 Å². The van der Waals surface area contributed by atoms with Crippen molar-refractivity contribution in [2.24, 2.45) is 11.3 Å². The summed E-state index contributed by atoms with van der Waals surface area (Å²) in [5.41, 5.74) is -1.34. The molecule has 2 aliphatic rings. The molecule has 7 heteroatoms.